The highest BCUT2D eigenvalue weighted by molar-refractivity contribution is 6.00. The molecule has 0 spiro atoms. The average molecular weight is 460 g/mol. The molecule has 1 aliphatic rings. The maximum absolute atomic E-state index is 12.7. The second-order valence-electron chi connectivity index (χ2n) is 7.11. The number of carbonyl (C=O) groups is 2. The van der Waals surface area contributed by atoms with E-state index >= 15 is 0 Å². The summed E-state index contributed by atoms with van der Waals surface area (Å²) in [6, 6.07) is 8.23. The summed E-state index contributed by atoms with van der Waals surface area (Å²) >= 11 is 0. The zero-order chi connectivity index (χ0) is 24.1. The number of carboxylic acids is 1. The third kappa shape index (κ3) is 5.51. The van der Waals surface area contributed by atoms with E-state index in [0.29, 0.717) is 32.4 Å². The lowest BCUT2D eigenvalue weighted by Gasteiger charge is -2.29. The predicted octanol–water partition coefficient (Wildman–Crippen LogP) is 2.29. The Bertz CT molecular complexity index is 1100. The summed E-state index contributed by atoms with van der Waals surface area (Å²) in [6.07, 6.45) is 0. The highest BCUT2D eigenvalue weighted by atomic mass is 16.6. The summed E-state index contributed by atoms with van der Waals surface area (Å²) in [5, 5.41) is 31.9. The van der Waals surface area contributed by atoms with Crippen molar-refractivity contribution in [1.29, 1.82) is 0 Å². The SMILES string of the molecule is CN(CC(=O)O)C(=O)c1cc(Oc2cccc(N3CCOCC3)c2)c([N+](=O)[O-])cc1[N+](=O)[O-]. The average Bonchev–Trinajstić information content (AvgIpc) is 2.78. The lowest BCUT2D eigenvalue weighted by molar-refractivity contribution is -0.394. The number of nitro groups is 2. The smallest absolute Gasteiger partial charge is 0.323 e. The first-order valence-electron chi connectivity index (χ1n) is 9.72. The molecule has 13 heteroatoms. The minimum absolute atomic E-state index is 0.216. The normalized spacial score (nSPS) is 13.3. The molecular formula is C20H20N4O9. The van der Waals surface area contributed by atoms with Gasteiger partial charge in [-0.1, -0.05) is 6.07 Å². The molecule has 1 amide bonds. The van der Waals surface area contributed by atoms with Gasteiger partial charge in [-0.25, -0.2) is 0 Å². The van der Waals surface area contributed by atoms with Crippen LogP contribution in [0.2, 0.25) is 0 Å². The summed E-state index contributed by atoms with van der Waals surface area (Å²) in [4.78, 5) is 47.6. The summed E-state index contributed by atoms with van der Waals surface area (Å²) in [7, 11) is 1.15. The minimum atomic E-state index is -1.33. The van der Waals surface area contributed by atoms with Crippen LogP contribution in [0.5, 0.6) is 11.5 Å². The maximum atomic E-state index is 12.7. The highest BCUT2D eigenvalue weighted by Crippen LogP contribution is 2.38. The van der Waals surface area contributed by atoms with Crippen LogP contribution in [0, 0.1) is 20.2 Å². The van der Waals surface area contributed by atoms with Crippen molar-refractivity contribution in [1.82, 2.24) is 4.90 Å². The number of morpholine rings is 1. The topological polar surface area (TPSA) is 166 Å². The minimum Gasteiger partial charge on any atom is -0.480 e. The van der Waals surface area contributed by atoms with E-state index < -0.39 is 51.0 Å². The molecule has 2 aromatic rings. The third-order valence-corrected chi connectivity index (χ3v) is 4.84. The lowest BCUT2D eigenvalue weighted by atomic mass is 10.1. The number of likely N-dealkylation sites (N-methyl/N-ethyl adjacent to an activating group) is 1. The van der Waals surface area contributed by atoms with Gasteiger partial charge in [0, 0.05) is 38.0 Å². The molecule has 0 saturated carbocycles. The summed E-state index contributed by atoms with van der Waals surface area (Å²) in [5.74, 6) is -2.50. The van der Waals surface area contributed by atoms with Crippen molar-refractivity contribution >= 4 is 28.9 Å². The zero-order valence-electron chi connectivity index (χ0n) is 17.5. The Hall–Kier alpha value is -4.26. The van der Waals surface area contributed by atoms with E-state index in [1.54, 1.807) is 18.2 Å². The van der Waals surface area contributed by atoms with Gasteiger partial charge in [0.25, 0.3) is 11.6 Å². The van der Waals surface area contributed by atoms with E-state index in [4.69, 9.17) is 14.6 Å². The number of benzene rings is 2. The van der Waals surface area contributed by atoms with Crippen LogP contribution >= 0.6 is 0 Å². The third-order valence-electron chi connectivity index (χ3n) is 4.84. The monoisotopic (exact) mass is 460 g/mol. The number of aliphatic carboxylic acids is 1. The van der Waals surface area contributed by atoms with Gasteiger partial charge in [0.1, 0.15) is 17.9 Å². The maximum Gasteiger partial charge on any atom is 0.323 e. The van der Waals surface area contributed by atoms with Crippen LogP contribution in [-0.4, -0.2) is 71.6 Å². The number of nitrogens with zero attached hydrogens (tertiary/aromatic N) is 4. The Kier molecular flexibility index (Phi) is 7.03. The number of nitro benzene ring substituents is 2. The van der Waals surface area contributed by atoms with Crippen LogP contribution in [0.15, 0.2) is 36.4 Å². The Morgan fingerprint density at radius 2 is 1.79 bits per heavy atom. The molecule has 1 N–H and O–H groups in total. The van der Waals surface area contributed by atoms with Crippen LogP contribution in [0.1, 0.15) is 10.4 Å². The number of hydrogen-bond acceptors (Lipinski definition) is 9. The predicted molar refractivity (Wildman–Crippen MR) is 114 cm³/mol. The molecular weight excluding hydrogens is 440 g/mol. The molecule has 13 nitrogen and oxygen atoms in total. The number of amides is 1. The van der Waals surface area contributed by atoms with Crippen molar-refractivity contribution in [2.24, 2.45) is 0 Å². The molecule has 1 saturated heterocycles. The second kappa shape index (κ2) is 9.91. The van der Waals surface area contributed by atoms with Crippen LogP contribution in [0.3, 0.4) is 0 Å². The number of anilines is 1. The zero-order valence-corrected chi connectivity index (χ0v) is 17.5. The van der Waals surface area contributed by atoms with Crippen molar-refractivity contribution in [3.8, 4) is 11.5 Å². The van der Waals surface area contributed by atoms with Crippen LogP contribution in [-0.2, 0) is 9.53 Å². The van der Waals surface area contributed by atoms with Gasteiger partial charge in [-0.2, -0.15) is 0 Å². The fraction of sp³-hybridized carbons (Fsp3) is 0.300. The van der Waals surface area contributed by atoms with Crippen molar-refractivity contribution in [3.05, 3.63) is 62.2 Å². The molecule has 1 heterocycles. The summed E-state index contributed by atoms with van der Waals surface area (Å²) in [5.41, 5.74) is -1.29. The number of carbonyl (C=O) groups excluding carboxylic acids is 1. The number of rotatable bonds is 8. The molecule has 33 heavy (non-hydrogen) atoms. The van der Waals surface area contributed by atoms with Gasteiger partial charge in [-0.3, -0.25) is 29.8 Å². The number of hydrogen-bond donors (Lipinski definition) is 1. The molecule has 2 aromatic carbocycles. The fourth-order valence-corrected chi connectivity index (χ4v) is 3.28. The highest BCUT2D eigenvalue weighted by Gasteiger charge is 2.31. The first kappa shape index (κ1) is 23.4. The standard InChI is InChI=1S/C20H20N4O9/c1-21(12-19(25)26)20(27)15-10-18(17(24(30)31)11-16(15)23(28)29)33-14-4-2-3-13(9-14)22-5-7-32-8-6-22/h2-4,9-11H,5-8,12H2,1H3,(H,25,26). The summed E-state index contributed by atoms with van der Waals surface area (Å²) in [6.45, 7) is 1.68. The first-order valence-corrected chi connectivity index (χ1v) is 9.72. The van der Waals surface area contributed by atoms with Crippen LogP contribution in [0.25, 0.3) is 0 Å². The van der Waals surface area contributed by atoms with Crippen LogP contribution < -0.4 is 9.64 Å². The molecule has 0 aliphatic carbocycles. The van der Waals surface area contributed by atoms with Crippen LogP contribution in [0.4, 0.5) is 17.1 Å². The van der Waals surface area contributed by atoms with E-state index in [2.05, 4.69) is 0 Å². The Morgan fingerprint density at radius 3 is 2.39 bits per heavy atom. The second-order valence-corrected chi connectivity index (χ2v) is 7.11. The quantitative estimate of drug-likeness (QED) is 0.456. The molecule has 1 aliphatic heterocycles. The fourth-order valence-electron chi connectivity index (χ4n) is 3.28. The Balaban J connectivity index is 2.02. The van der Waals surface area contributed by atoms with E-state index in [1.165, 1.54) is 0 Å². The van der Waals surface area contributed by atoms with Gasteiger partial charge in [-0.15, -0.1) is 0 Å². The van der Waals surface area contributed by atoms with E-state index in [-0.39, 0.29) is 5.75 Å². The molecule has 0 atom stereocenters. The molecule has 1 fully saturated rings. The van der Waals surface area contributed by atoms with Gasteiger partial charge >= 0.3 is 11.7 Å². The summed E-state index contributed by atoms with van der Waals surface area (Å²) < 4.78 is 11.0. The first-order chi connectivity index (χ1) is 15.7. The molecule has 3 rings (SSSR count). The van der Waals surface area contributed by atoms with Gasteiger partial charge in [0.05, 0.1) is 29.1 Å². The number of ether oxygens (including phenoxy) is 2. The van der Waals surface area contributed by atoms with Gasteiger partial charge in [0.15, 0.2) is 0 Å². The molecule has 0 bridgehead atoms. The largest absolute Gasteiger partial charge is 0.480 e. The van der Waals surface area contributed by atoms with E-state index in [1.807, 2.05) is 11.0 Å². The Morgan fingerprint density at radius 1 is 1.12 bits per heavy atom. The van der Waals surface area contributed by atoms with E-state index in [9.17, 15) is 29.8 Å². The molecule has 0 unspecified atom stereocenters. The van der Waals surface area contributed by atoms with Gasteiger partial charge < -0.3 is 24.4 Å². The number of carboxylic acid groups (broad SMARTS) is 1. The van der Waals surface area contributed by atoms with Crippen molar-refractivity contribution in [3.63, 3.8) is 0 Å². The van der Waals surface area contributed by atoms with Crippen molar-refractivity contribution in [2.45, 2.75) is 0 Å². The molecule has 0 radical (unpaired) electrons. The van der Waals surface area contributed by atoms with E-state index in [0.717, 1.165) is 23.7 Å². The molecule has 174 valence electrons. The van der Waals surface area contributed by atoms with Gasteiger partial charge in [-0.05, 0) is 12.1 Å². The molecule has 0 aromatic heterocycles. The van der Waals surface area contributed by atoms with Gasteiger partial charge in [0.2, 0.25) is 5.75 Å². The Labute approximate surface area is 187 Å². The lowest BCUT2D eigenvalue weighted by Crippen LogP contribution is -2.36. The van der Waals surface area contributed by atoms with Crippen molar-refractivity contribution < 1.29 is 34.0 Å². The van der Waals surface area contributed by atoms with Crippen molar-refractivity contribution in [2.75, 3.05) is 44.8 Å².